The van der Waals surface area contributed by atoms with Gasteiger partial charge >= 0.3 is 11.9 Å². The molecule has 0 spiro atoms. The van der Waals surface area contributed by atoms with Gasteiger partial charge in [-0.05, 0) is 56.4 Å². The third-order valence-corrected chi connectivity index (χ3v) is 9.79. The van der Waals surface area contributed by atoms with Gasteiger partial charge in [0, 0.05) is 25.8 Å². The van der Waals surface area contributed by atoms with E-state index in [1.807, 2.05) is 48.6 Å². The fourth-order valence-electron chi connectivity index (χ4n) is 7.40. The molecule has 0 aromatic heterocycles. The Hall–Kier alpha value is -4.34. The van der Waals surface area contributed by atoms with Crippen LogP contribution in [-0.4, -0.2) is 101 Å². The van der Waals surface area contributed by atoms with Crippen LogP contribution in [0.1, 0.15) is 63.1 Å². The lowest BCUT2D eigenvalue weighted by Crippen LogP contribution is -2.69. The number of hydrogen-bond donors (Lipinski definition) is 4. The fourth-order valence-corrected chi connectivity index (χ4v) is 7.40. The number of rotatable bonds is 14. The van der Waals surface area contributed by atoms with Gasteiger partial charge < -0.3 is 39.8 Å². The molecular formula is C38H47N3O11. The van der Waals surface area contributed by atoms with E-state index in [1.54, 1.807) is 32.9 Å². The normalized spacial score (nSPS) is 27.2. The molecule has 3 aliphatic heterocycles. The number of nitrogens with one attached hydrogen (secondary N) is 2. The number of hydroxylamine groups is 2. The highest BCUT2D eigenvalue weighted by Crippen LogP contribution is 2.55. The van der Waals surface area contributed by atoms with Crippen molar-refractivity contribution in [2.45, 2.75) is 102 Å². The highest BCUT2D eigenvalue weighted by atomic mass is 16.8. The quantitative estimate of drug-likeness (QED) is 0.209. The Balaban J connectivity index is 1.09. The van der Waals surface area contributed by atoms with E-state index in [0.29, 0.717) is 6.42 Å². The number of aliphatic hydroxyl groups excluding tert-OH is 1. The molecule has 4 aliphatic rings. The van der Waals surface area contributed by atoms with Gasteiger partial charge in [0.15, 0.2) is 6.04 Å². The molecule has 3 heterocycles. The maximum atomic E-state index is 14.2. The highest BCUT2D eigenvalue weighted by Gasteiger charge is 2.74. The first-order chi connectivity index (χ1) is 24.9. The van der Waals surface area contributed by atoms with E-state index < -0.39 is 71.3 Å². The maximum Gasteiger partial charge on any atom is 0.327 e. The summed E-state index contributed by atoms with van der Waals surface area (Å²) in [6.07, 6.45) is 1.99. The van der Waals surface area contributed by atoms with E-state index in [-0.39, 0.29) is 57.9 Å². The Morgan fingerprint density at radius 2 is 1.83 bits per heavy atom. The maximum absolute atomic E-state index is 14.2. The summed E-state index contributed by atoms with van der Waals surface area (Å²) < 4.78 is 22.8. The molecule has 14 nitrogen and oxygen atoms in total. The van der Waals surface area contributed by atoms with E-state index in [4.69, 9.17) is 23.8 Å². The van der Waals surface area contributed by atoms with Gasteiger partial charge in [-0.1, -0.05) is 54.6 Å². The van der Waals surface area contributed by atoms with Crippen LogP contribution in [0, 0.1) is 5.41 Å². The summed E-state index contributed by atoms with van der Waals surface area (Å²) in [6, 6.07) is 13.2. The van der Waals surface area contributed by atoms with E-state index in [9.17, 15) is 29.4 Å². The summed E-state index contributed by atoms with van der Waals surface area (Å²) in [5.74, 6) is -1.66. The van der Waals surface area contributed by atoms with Crippen molar-refractivity contribution in [3.05, 3.63) is 71.3 Å². The zero-order valence-electron chi connectivity index (χ0n) is 29.6. The zero-order chi connectivity index (χ0) is 37.0. The standard InChI is InChI=1S/C38H47N3O11/c1-37(2,3)51-30(45)16-15-26(21-42)40-29(44)17-18-39-36(47)38-19-28-31-32(49-22-48-31)34(38)52-41(33(38)35(46)50-28)20-24-13-11-23(12-14-24)7-6-9-25-8-4-5-10-27(25)43/h4-8,10-14,26,28,31-34,42-43H,9,15-22H2,1-3H3,(H,39,47)(H,40,44)/t26-,28+,31-,32-,33-,34+,38-/m0/s1. The van der Waals surface area contributed by atoms with E-state index in [2.05, 4.69) is 10.6 Å². The van der Waals surface area contributed by atoms with Crippen molar-refractivity contribution in [3.63, 3.8) is 0 Å². The third kappa shape index (κ3) is 8.16. The lowest BCUT2D eigenvalue weighted by molar-refractivity contribution is -0.201. The molecule has 1 aliphatic carbocycles. The van der Waals surface area contributed by atoms with Crippen LogP contribution in [0.2, 0.25) is 0 Å². The molecule has 14 heteroatoms. The van der Waals surface area contributed by atoms with Crippen LogP contribution in [0.25, 0.3) is 6.08 Å². The first-order valence-electron chi connectivity index (χ1n) is 17.7. The lowest BCUT2D eigenvalue weighted by Gasteiger charge is -2.48. The fraction of sp³-hybridized carbons (Fsp3) is 0.526. The summed E-state index contributed by atoms with van der Waals surface area (Å²) in [6.45, 7) is 5.03. The molecule has 7 atom stereocenters. The number of nitrogens with zero attached hydrogens (tertiary/aromatic N) is 1. The van der Waals surface area contributed by atoms with Gasteiger partial charge in [-0.25, -0.2) is 0 Å². The Labute approximate surface area is 302 Å². The predicted octanol–water partition coefficient (Wildman–Crippen LogP) is 2.29. The molecule has 52 heavy (non-hydrogen) atoms. The molecular weight excluding hydrogens is 674 g/mol. The molecule has 4 fully saturated rings. The van der Waals surface area contributed by atoms with Crippen LogP contribution in [0.5, 0.6) is 5.75 Å². The minimum absolute atomic E-state index is 0.0224. The van der Waals surface area contributed by atoms with Gasteiger partial charge in [0.25, 0.3) is 0 Å². The Morgan fingerprint density at radius 1 is 1.08 bits per heavy atom. The van der Waals surface area contributed by atoms with Crippen molar-refractivity contribution in [1.82, 2.24) is 15.7 Å². The van der Waals surface area contributed by atoms with Crippen LogP contribution in [-0.2, 0) is 55.9 Å². The van der Waals surface area contributed by atoms with Gasteiger partial charge in [-0.2, -0.15) is 5.06 Å². The van der Waals surface area contributed by atoms with Gasteiger partial charge in [0.05, 0.1) is 19.2 Å². The van der Waals surface area contributed by atoms with Crippen molar-refractivity contribution in [1.29, 1.82) is 0 Å². The molecule has 280 valence electrons. The monoisotopic (exact) mass is 721 g/mol. The molecule has 0 unspecified atom stereocenters. The number of para-hydroxylation sites is 1. The average molecular weight is 722 g/mol. The molecule has 3 saturated heterocycles. The predicted molar refractivity (Wildman–Crippen MR) is 185 cm³/mol. The van der Waals surface area contributed by atoms with E-state index >= 15 is 0 Å². The number of esters is 2. The van der Waals surface area contributed by atoms with E-state index in [1.165, 1.54) is 5.06 Å². The summed E-state index contributed by atoms with van der Waals surface area (Å²) >= 11 is 0. The number of hydrogen-bond acceptors (Lipinski definition) is 12. The Bertz CT molecular complexity index is 1660. The van der Waals surface area contributed by atoms with Crippen LogP contribution >= 0.6 is 0 Å². The number of aliphatic hydroxyl groups is 1. The number of carbonyl (C=O) groups is 4. The molecule has 2 amide bonds. The van der Waals surface area contributed by atoms with Crippen molar-refractivity contribution >= 4 is 29.8 Å². The van der Waals surface area contributed by atoms with Gasteiger partial charge in [0.1, 0.15) is 48.0 Å². The molecule has 0 radical (unpaired) electrons. The summed E-state index contributed by atoms with van der Waals surface area (Å²) in [4.78, 5) is 59.1. The first kappa shape index (κ1) is 37.4. The Kier molecular flexibility index (Phi) is 11.3. The largest absolute Gasteiger partial charge is 0.508 e. The minimum Gasteiger partial charge on any atom is -0.508 e. The second-order valence-corrected chi connectivity index (χ2v) is 14.7. The van der Waals surface area contributed by atoms with Crippen LogP contribution in [0.3, 0.4) is 0 Å². The number of amides is 2. The summed E-state index contributed by atoms with van der Waals surface area (Å²) in [5.41, 5.74) is 0.607. The summed E-state index contributed by atoms with van der Waals surface area (Å²) in [7, 11) is 0. The van der Waals surface area contributed by atoms with Crippen LogP contribution in [0.15, 0.2) is 54.6 Å². The molecule has 2 aromatic carbocycles. The number of ether oxygens (including phenoxy) is 4. The van der Waals surface area contributed by atoms with Gasteiger partial charge in [-0.15, -0.1) is 0 Å². The topological polar surface area (TPSA) is 182 Å². The molecule has 1 saturated carbocycles. The van der Waals surface area contributed by atoms with Crippen molar-refractivity contribution in [3.8, 4) is 5.75 Å². The minimum atomic E-state index is -1.36. The number of fused-ring (bicyclic) bond motifs is 4. The van der Waals surface area contributed by atoms with Crippen molar-refractivity contribution in [2.75, 3.05) is 19.9 Å². The second kappa shape index (κ2) is 15.7. The third-order valence-electron chi connectivity index (χ3n) is 9.79. The first-order valence-corrected chi connectivity index (χ1v) is 17.7. The molecule has 6 rings (SSSR count). The number of allylic oxidation sites excluding steroid dienone is 1. The molecule has 2 bridgehead atoms. The van der Waals surface area contributed by atoms with Crippen molar-refractivity contribution < 1.29 is 53.2 Å². The zero-order valence-corrected chi connectivity index (χ0v) is 29.6. The SMILES string of the molecule is CC(C)(C)OC(=O)CC[C@@H](CO)NC(=O)CCNC(=O)[C@@]12C[C@H]3OC(=O)[C@@H]1N(Cc1ccc(C=CCc4ccccc4O)cc1)O[C@@H]2[C@H]1OCO[C@H]13. The number of aromatic hydroxyl groups is 1. The van der Waals surface area contributed by atoms with Crippen LogP contribution in [0.4, 0.5) is 0 Å². The molecule has 2 aromatic rings. The number of benzene rings is 2. The molecule has 4 N–H and O–H groups in total. The van der Waals surface area contributed by atoms with Gasteiger partial charge in [0.2, 0.25) is 11.8 Å². The smallest absolute Gasteiger partial charge is 0.327 e. The average Bonchev–Trinajstić information content (AvgIpc) is 3.72. The lowest BCUT2D eigenvalue weighted by atomic mass is 9.62. The van der Waals surface area contributed by atoms with Crippen molar-refractivity contribution in [2.24, 2.45) is 5.41 Å². The summed E-state index contributed by atoms with van der Waals surface area (Å²) in [5, 5.41) is 26.8. The van der Waals surface area contributed by atoms with Crippen LogP contribution < -0.4 is 10.6 Å². The van der Waals surface area contributed by atoms with Gasteiger partial charge in [-0.3, -0.25) is 24.0 Å². The second-order valence-electron chi connectivity index (χ2n) is 14.7. The highest BCUT2D eigenvalue weighted by molar-refractivity contribution is 5.94. The number of carbonyl (C=O) groups excluding carboxylic acids is 4. The number of phenols is 1. The number of phenolic OH excluding ortho intramolecular Hbond substituents is 1. The Morgan fingerprint density at radius 3 is 2.56 bits per heavy atom. The van der Waals surface area contributed by atoms with E-state index in [0.717, 1.165) is 16.7 Å².